The van der Waals surface area contributed by atoms with Gasteiger partial charge in [-0.2, -0.15) is 15.0 Å². The number of nitrogens with one attached hydrogen (secondary N) is 2. The average Bonchev–Trinajstić information content (AvgIpc) is 3.54. The van der Waals surface area contributed by atoms with E-state index < -0.39 is 35.6 Å². The largest absolute Gasteiger partial charge is 0.508 e. The van der Waals surface area contributed by atoms with Crippen molar-refractivity contribution in [2.45, 2.75) is 49.6 Å². The Morgan fingerprint density at radius 3 is 2.30 bits per heavy atom. The van der Waals surface area contributed by atoms with E-state index in [1.165, 1.54) is 24.3 Å². The maximum atomic E-state index is 14.3. The molecule has 0 saturated carbocycles. The summed E-state index contributed by atoms with van der Waals surface area (Å²) in [6.45, 7) is 0.122. The van der Waals surface area contributed by atoms with E-state index in [0.717, 1.165) is 0 Å². The molecule has 5 atom stereocenters. The zero-order valence-corrected chi connectivity index (χ0v) is 30.4. The summed E-state index contributed by atoms with van der Waals surface area (Å²) in [6, 6.07) is 20.4. The molecule has 2 saturated heterocycles. The molecule has 4 aromatic carbocycles. The molecule has 6 N–H and O–H groups in total. The van der Waals surface area contributed by atoms with Crippen LogP contribution >= 0.6 is 11.6 Å². The third-order valence-corrected chi connectivity index (χ3v) is 11.8. The fourth-order valence-electron chi connectivity index (χ4n) is 9.06. The normalized spacial score (nSPS) is 23.7. The minimum atomic E-state index is -1.42. The van der Waals surface area contributed by atoms with Gasteiger partial charge in [0.25, 0.3) is 0 Å². The van der Waals surface area contributed by atoms with E-state index in [-0.39, 0.29) is 75.1 Å². The average molecular weight is 778 g/mol. The van der Waals surface area contributed by atoms with Gasteiger partial charge in [-0.25, -0.2) is 9.59 Å². The van der Waals surface area contributed by atoms with Crippen molar-refractivity contribution in [1.82, 2.24) is 15.0 Å². The Bertz CT molecular complexity index is 2450. The smallest absolute Gasteiger partial charge is 0.346 e. The van der Waals surface area contributed by atoms with Gasteiger partial charge >= 0.3 is 17.8 Å². The number of esters is 1. The van der Waals surface area contributed by atoms with Crippen molar-refractivity contribution < 1.29 is 48.8 Å². The number of aliphatic carboxylic acids is 1. The number of quaternary nitrogens is 1. The first-order valence-corrected chi connectivity index (χ1v) is 18.3. The van der Waals surface area contributed by atoms with Crippen molar-refractivity contribution in [2.24, 2.45) is 5.92 Å². The number of phenolic OH excluding ortho intramolecular Hbond substituents is 2. The Kier molecular flexibility index (Phi) is 8.16. The Balaban J connectivity index is 0.977. The third-order valence-electron chi connectivity index (χ3n) is 11.6. The van der Waals surface area contributed by atoms with Crippen LogP contribution < -0.4 is 15.4 Å². The van der Waals surface area contributed by atoms with Crippen LogP contribution in [0.4, 0.5) is 17.6 Å². The summed E-state index contributed by atoms with van der Waals surface area (Å²) in [6.07, 6.45) is 0.400. The van der Waals surface area contributed by atoms with Crippen LogP contribution in [0.25, 0.3) is 0 Å². The Morgan fingerprint density at radius 1 is 0.911 bits per heavy atom. The van der Waals surface area contributed by atoms with Crippen LogP contribution in [0.5, 0.6) is 23.0 Å². The van der Waals surface area contributed by atoms with Crippen molar-refractivity contribution in [2.75, 3.05) is 17.7 Å². The molecule has 9 rings (SSSR count). The second-order valence-electron chi connectivity index (χ2n) is 14.6. The number of aliphatic hydroxyl groups is 1. The summed E-state index contributed by atoms with van der Waals surface area (Å²) in [7, 11) is 1.78. The van der Waals surface area contributed by atoms with Gasteiger partial charge in [-0.15, -0.1) is 0 Å². The lowest BCUT2D eigenvalue weighted by molar-refractivity contribution is -0.876. The lowest BCUT2D eigenvalue weighted by Crippen LogP contribution is -2.66. The number of ether oxygens (including phenoxy) is 2. The highest BCUT2D eigenvalue weighted by Crippen LogP contribution is 2.57. The zero-order valence-electron chi connectivity index (χ0n) is 29.6. The van der Waals surface area contributed by atoms with E-state index in [0.29, 0.717) is 46.3 Å². The van der Waals surface area contributed by atoms with Crippen LogP contribution in [0.1, 0.15) is 62.2 Å². The van der Waals surface area contributed by atoms with Crippen LogP contribution in [0.2, 0.25) is 5.28 Å². The fraction of sp³-hybridized carbons (Fsp3) is 0.250. The first-order valence-electron chi connectivity index (χ1n) is 17.9. The van der Waals surface area contributed by atoms with Gasteiger partial charge < -0.3 is 40.5 Å². The Labute approximate surface area is 323 Å². The van der Waals surface area contributed by atoms with E-state index in [9.17, 15) is 34.8 Å². The highest BCUT2D eigenvalue weighted by atomic mass is 35.5. The summed E-state index contributed by atoms with van der Waals surface area (Å²) in [5, 5.41) is 47.0. The van der Waals surface area contributed by atoms with Crippen molar-refractivity contribution in [1.29, 1.82) is 0 Å². The highest BCUT2D eigenvalue weighted by molar-refractivity contribution is 6.28. The molecule has 1 aromatic heterocycles. The molecule has 1 amide bonds. The first-order chi connectivity index (χ1) is 26.9. The molecule has 1 spiro atoms. The number of carbonyl (C=O) groups is 3. The van der Waals surface area contributed by atoms with E-state index >= 15 is 0 Å². The summed E-state index contributed by atoms with van der Waals surface area (Å²) in [4.78, 5) is 52.9. The van der Waals surface area contributed by atoms with Gasteiger partial charge in [0.1, 0.15) is 35.0 Å². The quantitative estimate of drug-likeness (QED) is 0.0897. The molecule has 284 valence electrons. The molecule has 4 aliphatic heterocycles. The van der Waals surface area contributed by atoms with Crippen LogP contribution in [0.3, 0.4) is 0 Å². The molecule has 56 heavy (non-hydrogen) atoms. The minimum Gasteiger partial charge on any atom is -0.508 e. The number of benzene rings is 4. The van der Waals surface area contributed by atoms with Gasteiger partial charge in [-0.05, 0) is 59.6 Å². The maximum absolute atomic E-state index is 14.3. The zero-order chi connectivity index (χ0) is 39.1. The Morgan fingerprint density at radius 2 is 1.59 bits per heavy atom. The summed E-state index contributed by atoms with van der Waals surface area (Å²) >= 11 is 6.33. The van der Waals surface area contributed by atoms with Crippen LogP contribution in [-0.2, 0) is 21.7 Å². The van der Waals surface area contributed by atoms with Crippen molar-refractivity contribution >= 4 is 47.0 Å². The molecule has 5 aromatic rings. The number of halogens is 1. The molecule has 4 aliphatic rings. The third kappa shape index (κ3) is 5.41. The number of piperidine rings is 1. The van der Waals surface area contributed by atoms with Crippen molar-refractivity contribution in [3.63, 3.8) is 0 Å². The van der Waals surface area contributed by atoms with Gasteiger partial charge in [0, 0.05) is 60.3 Å². The molecule has 2 bridgehead atoms. The second-order valence-corrected chi connectivity index (χ2v) is 14.9. The van der Waals surface area contributed by atoms with Gasteiger partial charge in [-0.3, -0.25) is 9.28 Å². The van der Waals surface area contributed by atoms with Crippen LogP contribution in [-0.4, -0.2) is 82.9 Å². The molecule has 15 nitrogen and oxygen atoms in total. The predicted molar refractivity (Wildman–Crippen MR) is 199 cm³/mol. The monoisotopic (exact) mass is 777 g/mol. The van der Waals surface area contributed by atoms with E-state index in [4.69, 9.17) is 21.1 Å². The fourth-order valence-corrected chi connectivity index (χ4v) is 9.22. The van der Waals surface area contributed by atoms with E-state index in [1.807, 2.05) is 0 Å². The lowest BCUT2D eigenvalue weighted by Gasteiger charge is -2.46. The summed E-state index contributed by atoms with van der Waals surface area (Å²) in [5.74, 6) is -2.38. The number of anilines is 3. The summed E-state index contributed by atoms with van der Waals surface area (Å²) in [5.41, 5.74) is 1.81. The SMILES string of the molecule is C[N+]1(C(=O)c2ccccc2CNc2nc(Cl)nc(Nc3ccc4c(c3)C(=O)OC43c4ccc(O)cc4Oc4cc(O)ccc43)n2)[C@H]2CC[C@@H]1[C@@H](C(=O)O)[C@@H](O)C2. The molecule has 16 heteroatoms. The topological polar surface area (TPSA) is 213 Å². The molecular formula is C40H34ClN6O9+. The Hall–Kier alpha value is -6.29. The predicted octanol–water partition coefficient (Wildman–Crippen LogP) is 5.44. The molecule has 0 aliphatic carbocycles. The van der Waals surface area contributed by atoms with Crippen molar-refractivity contribution in [3.8, 4) is 23.0 Å². The number of carboxylic acids is 1. The number of aromatic hydroxyl groups is 2. The first kappa shape index (κ1) is 35.4. The number of carboxylic acid groups (broad SMARTS) is 1. The molecule has 2 fully saturated rings. The van der Waals surface area contributed by atoms with Crippen LogP contribution in [0, 0.1) is 5.92 Å². The number of phenols is 2. The summed E-state index contributed by atoms with van der Waals surface area (Å²) < 4.78 is 12.1. The standard InChI is InChI=1S/C40H33ClN6O9/c1-47(21-7-13-29(47)33(35(52)53)30(50)15-21)34(51)24-5-3-2-4-19(24)18-42-38-44-37(41)45-39(46-38)43-20-6-10-26-25(14-20)36(54)56-40(26)27-11-8-22(48)16-31(27)55-32-17-23(49)9-12-28(32)40/h2-6,8-12,14,16-17,21,29-30,33,50H,7,13,15,18H2,1H3,(H4-,42,43,44,45,46,48,49,52,53)/p+1/t21-,29+,30-,33+,47?/m0/s1. The van der Waals surface area contributed by atoms with Gasteiger partial charge in [-0.1, -0.05) is 24.3 Å². The number of aromatic nitrogens is 3. The van der Waals surface area contributed by atoms with E-state index in [2.05, 4.69) is 25.6 Å². The van der Waals surface area contributed by atoms with Crippen LogP contribution in [0.15, 0.2) is 78.9 Å². The number of rotatable bonds is 7. The van der Waals surface area contributed by atoms with Gasteiger partial charge in [0.2, 0.25) is 17.2 Å². The number of nitrogens with zero attached hydrogens (tertiary/aromatic N) is 4. The number of amides is 1. The van der Waals surface area contributed by atoms with Gasteiger partial charge in [0.05, 0.1) is 30.3 Å². The molecule has 1 unspecified atom stereocenters. The molecular weight excluding hydrogens is 744 g/mol. The number of carbonyl (C=O) groups excluding carboxylic acids is 2. The van der Waals surface area contributed by atoms with E-state index in [1.54, 1.807) is 61.6 Å². The number of aliphatic hydroxyl groups excluding tert-OH is 1. The van der Waals surface area contributed by atoms with Crippen molar-refractivity contribution in [3.05, 3.63) is 118 Å². The maximum Gasteiger partial charge on any atom is 0.346 e. The van der Waals surface area contributed by atoms with Gasteiger partial charge in [0.15, 0.2) is 5.60 Å². The number of hydrogen-bond donors (Lipinski definition) is 6. The lowest BCUT2D eigenvalue weighted by atomic mass is 9.77. The number of fused-ring (bicyclic) bond motifs is 8. The molecule has 5 heterocycles. The second kappa shape index (κ2) is 12.9. The molecule has 0 radical (unpaired) electrons. The minimum absolute atomic E-state index is 0.0499. The number of hydrogen-bond acceptors (Lipinski definition) is 13. The highest BCUT2D eigenvalue weighted by Gasteiger charge is 2.62.